The van der Waals surface area contributed by atoms with Gasteiger partial charge in [-0.25, -0.2) is 0 Å². The Kier molecular flexibility index (Phi) is 3.47. The zero-order valence-corrected chi connectivity index (χ0v) is 7.58. The first kappa shape index (κ1) is 9.45. The van der Waals surface area contributed by atoms with Gasteiger partial charge in [-0.3, -0.25) is 4.98 Å². The summed E-state index contributed by atoms with van der Waals surface area (Å²) in [5, 5.41) is 0.645. The van der Waals surface area contributed by atoms with Crippen LogP contribution in [0.25, 0.3) is 0 Å². The predicted molar refractivity (Wildman–Crippen MR) is 48.1 cm³/mol. The molecular formula is C8H11ClN2O. The van der Waals surface area contributed by atoms with Gasteiger partial charge in [0.1, 0.15) is 0 Å². The Morgan fingerprint density at radius 1 is 1.75 bits per heavy atom. The van der Waals surface area contributed by atoms with Gasteiger partial charge >= 0.3 is 0 Å². The number of rotatable bonds is 3. The molecule has 1 aromatic heterocycles. The quantitative estimate of drug-likeness (QED) is 0.776. The van der Waals surface area contributed by atoms with Crippen LogP contribution in [0.1, 0.15) is 11.7 Å². The largest absolute Gasteiger partial charge is 0.383 e. The standard InChI is InChI=1S/C8H11ClN2O/c1-12-5-7(10)8-4-6(9)2-3-11-8/h2-4,7H,5,10H2,1H3/t7-/m0/s1. The average molecular weight is 187 g/mol. The minimum atomic E-state index is -0.200. The number of pyridine rings is 1. The summed E-state index contributed by atoms with van der Waals surface area (Å²) in [4.78, 5) is 4.07. The second-order valence-corrected chi connectivity index (χ2v) is 2.90. The highest BCUT2D eigenvalue weighted by molar-refractivity contribution is 6.30. The number of ether oxygens (including phenoxy) is 1. The number of nitrogens with two attached hydrogens (primary N) is 1. The van der Waals surface area contributed by atoms with Gasteiger partial charge in [-0.2, -0.15) is 0 Å². The van der Waals surface area contributed by atoms with Gasteiger partial charge in [-0.1, -0.05) is 11.6 Å². The normalized spacial score (nSPS) is 12.9. The predicted octanol–water partition coefficient (Wildman–Crippen LogP) is 1.38. The molecule has 0 aliphatic rings. The summed E-state index contributed by atoms with van der Waals surface area (Å²) in [7, 11) is 1.60. The van der Waals surface area contributed by atoms with Crippen LogP contribution in [0.3, 0.4) is 0 Å². The highest BCUT2D eigenvalue weighted by Gasteiger charge is 2.06. The van der Waals surface area contributed by atoms with Crippen molar-refractivity contribution >= 4 is 11.6 Å². The van der Waals surface area contributed by atoms with E-state index in [2.05, 4.69) is 4.98 Å². The van der Waals surface area contributed by atoms with E-state index >= 15 is 0 Å². The van der Waals surface area contributed by atoms with Crippen molar-refractivity contribution in [3.8, 4) is 0 Å². The molecule has 3 nitrogen and oxygen atoms in total. The maximum absolute atomic E-state index is 5.75. The fourth-order valence-electron chi connectivity index (χ4n) is 0.889. The molecule has 1 aromatic rings. The van der Waals surface area contributed by atoms with E-state index in [1.165, 1.54) is 0 Å². The van der Waals surface area contributed by atoms with Gasteiger partial charge < -0.3 is 10.5 Å². The molecule has 0 unspecified atom stereocenters. The van der Waals surface area contributed by atoms with E-state index in [9.17, 15) is 0 Å². The maximum Gasteiger partial charge on any atom is 0.0708 e. The van der Waals surface area contributed by atoms with Gasteiger partial charge in [0.15, 0.2) is 0 Å². The Balaban J connectivity index is 2.73. The summed E-state index contributed by atoms with van der Waals surface area (Å²) in [6.45, 7) is 0.452. The number of hydrogen-bond donors (Lipinski definition) is 1. The molecule has 0 aromatic carbocycles. The van der Waals surface area contributed by atoms with Crippen molar-refractivity contribution in [1.29, 1.82) is 0 Å². The van der Waals surface area contributed by atoms with E-state index in [0.717, 1.165) is 5.69 Å². The summed E-state index contributed by atoms with van der Waals surface area (Å²) in [6.07, 6.45) is 1.63. The monoisotopic (exact) mass is 186 g/mol. The van der Waals surface area contributed by atoms with Crippen LogP contribution >= 0.6 is 11.6 Å². The fourth-order valence-corrected chi connectivity index (χ4v) is 1.06. The number of hydrogen-bond acceptors (Lipinski definition) is 3. The summed E-state index contributed by atoms with van der Waals surface area (Å²) >= 11 is 5.75. The summed E-state index contributed by atoms with van der Waals surface area (Å²) in [6, 6.07) is 3.25. The highest BCUT2D eigenvalue weighted by atomic mass is 35.5. The number of methoxy groups -OCH3 is 1. The molecule has 0 spiro atoms. The van der Waals surface area contributed by atoms with Crippen molar-refractivity contribution in [2.24, 2.45) is 5.73 Å². The Hall–Kier alpha value is -0.640. The van der Waals surface area contributed by atoms with E-state index in [0.29, 0.717) is 11.6 Å². The van der Waals surface area contributed by atoms with Gasteiger partial charge in [-0.15, -0.1) is 0 Å². The van der Waals surface area contributed by atoms with Gasteiger partial charge in [0.05, 0.1) is 18.3 Å². The SMILES string of the molecule is COC[C@H](N)c1cc(Cl)ccn1. The molecule has 0 saturated carbocycles. The number of halogens is 1. The van der Waals surface area contributed by atoms with Gasteiger partial charge in [0.2, 0.25) is 0 Å². The first-order chi connectivity index (χ1) is 5.74. The molecule has 2 N–H and O–H groups in total. The molecule has 66 valence electrons. The third-order valence-electron chi connectivity index (χ3n) is 1.47. The molecule has 0 amide bonds. The molecule has 1 atom stereocenters. The third-order valence-corrected chi connectivity index (χ3v) is 1.70. The van der Waals surface area contributed by atoms with Crippen molar-refractivity contribution in [2.75, 3.05) is 13.7 Å². The lowest BCUT2D eigenvalue weighted by Crippen LogP contribution is -2.17. The Bertz CT molecular complexity index is 255. The number of nitrogens with zero attached hydrogens (tertiary/aromatic N) is 1. The molecule has 0 aliphatic heterocycles. The van der Waals surface area contributed by atoms with Crippen LogP contribution in [0.5, 0.6) is 0 Å². The van der Waals surface area contributed by atoms with Crippen molar-refractivity contribution in [3.63, 3.8) is 0 Å². The molecule has 0 fully saturated rings. The van der Waals surface area contributed by atoms with Crippen LogP contribution in [-0.4, -0.2) is 18.7 Å². The minimum Gasteiger partial charge on any atom is -0.383 e. The van der Waals surface area contributed by atoms with E-state index in [1.807, 2.05) is 0 Å². The number of aromatic nitrogens is 1. The summed E-state index contributed by atoms with van der Waals surface area (Å²) < 4.78 is 4.89. The maximum atomic E-state index is 5.75. The van der Waals surface area contributed by atoms with Gasteiger partial charge in [0.25, 0.3) is 0 Å². The van der Waals surface area contributed by atoms with Crippen LogP contribution in [0.2, 0.25) is 5.02 Å². The van der Waals surface area contributed by atoms with Crippen molar-refractivity contribution < 1.29 is 4.74 Å². The van der Waals surface area contributed by atoms with Crippen LogP contribution in [-0.2, 0) is 4.74 Å². The Labute approximate surface area is 76.5 Å². The van der Waals surface area contributed by atoms with Gasteiger partial charge in [-0.05, 0) is 12.1 Å². The average Bonchev–Trinajstić information content (AvgIpc) is 2.05. The molecule has 0 aliphatic carbocycles. The molecule has 0 saturated heterocycles. The fraction of sp³-hybridized carbons (Fsp3) is 0.375. The molecule has 0 radical (unpaired) electrons. The highest BCUT2D eigenvalue weighted by Crippen LogP contribution is 2.12. The zero-order chi connectivity index (χ0) is 8.97. The third kappa shape index (κ3) is 2.44. The second-order valence-electron chi connectivity index (χ2n) is 2.46. The lowest BCUT2D eigenvalue weighted by molar-refractivity contribution is 0.179. The first-order valence-electron chi connectivity index (χ1n) is 3.60. The smallest absolute Gasteiger partial charge is 0.0708 e. The Morgan fingerprint density at radius 3 is 3.08 bits per heavy atom. The van der Waals surface area contributed by atoms with Crippen LogP contribution in [0, 0.1) is 0 Å². The van der Waals surface area contributed by atoms with E-state index in [-0.39, 0.29) is 6.04 Å². The van der Waals surface area contributed by atoms with Crippen molar-refractivity contribution in [1.82, 2.24) is 4.98 Å². The first-order valence-corrected chi connectivity index (χ1v) is 3.98. The summed E-state index contributed by atoms with van der Waals surface area (Å²) in [5.74, 6) is 0. The molecule has 0 bridgehead atoms. The lowest BCUT2D eigenvalue weighted by Gasteiger charge is -2.08. The summed E-state index contributed by atoms with van der Waals surface area (Å²) in [5.41, 5.74) is 6.48. The lowest BCUT2D eigenvalue weighted by atomic mass is 10.2. The molecule has 1 heterocycles. The van der Waals surface area contributed by atoms with E-state index in [4.69, 9.17) is 22.1 Å². The van der Waals surface area contributed by atoms with Crippen LogP contribution in [0.15, 0.2) is 18.3 Å². The molecule has 4 heteroatoms. The molecule has 12 heavy (non-hydrogen) atoms. The van der Waals surface area contributed by atoms with E-state index < -0.39 is 0 Å². The van der Waals surface area contributed by atoms with E-state index in [1.54, 1.807) is 25.4 Å². The zero-order valence-electron chi connectivity index (χ0n) is 6.83. The topological polar surface area (TPSA) is 48.1 Å². The molecular weight excluding hydrogens is 176 g/mol. The van der Waals surface area contributed by atoms with Crippen molar-refractivity contribution in [3.05, 3.63) is 29.0 Å². The van der Waals surface area contributed by atoms with Crippen molar-refractivity contribution in [2.45, 2.75) is 6.04 Å². The minimum absolute atomic E-state index is 0.200. The van der Waals surface area contributed by atoms with Gasteiger partial charge in [0, 0.05) is 18.3 Å². The molecule has 1 rings (SSSR count). The van der Waals surface area contributed by atoms with Crippen LogP contribution in [0.4, 0.5) is 0 Å². The Morgan fingerprint density at radius 2 is 2.50 bits per heavy atom. The second kappa shape index (κ2) is 4.40. The van der Waals surface area contributed by atoms with Crippen LogP contribution < -0.4 is 5.73 Å².